The van der Waals surface area contributed by atoms with Crippen molar-refractivity contribution in [2.45, 2.75) is 44.0 Å². The third kappa shape index (κ3) is 7.81. The number of fused-ring (bicyclic) bond motifs is 4. The molecule has 0 saturated carbocycles. The van der Waals surface area contributed by atoms with Crippen LogP contribution in [0.3, 0.4) is 0 Å². The van der Waals surface area contributed by atoms with Crippen molar-refractivity contribution in [2.75, 3.05) is 23.0 Å². The Labute approximate surface area is 260 Å². The van der Waals surface area contributed by atoms with Gasteiger partial charge in [-0.3, -0.25) is 0 Å². The van der Waals surface area contributed by atoms with E-state index >= 15 is 0 Å². The van der Waals surface area contributed by atoms with Crippen molar-refractivity contribution in [3.63, 3.8) is 0 Å². The van der Waals surface area contributed by atoms with E-state index in [0.717, 1.165) is 37.5 Å². The molecule has 0 saturated heterocycles. The van der Waals surface area contributed by atoms with Crippen LogP contribution in [0.2, 0.25) is 5.02 Å². The van der Waals surface area contributed by atoms with Crippen LogP contribution in [-0.4, -0.2) is 44.0 Å². The number of hydrogen-bond donors (Lipinski definition) is 0. The van der Waals surface area contributed by atoms with E-state index < -0.39 is 31.7 Å². The molecule has 1 aromatic heterocycles. The number of anilines is 1. The van der Waals surface area contributed by atoms with Crippen molar-refractivity contribution in [3.8, 4) is 0 Å². The average molecular weight is 662 g/mol. The van der Waals surface area contributed by atoms with Crippen molar-refractivity contribution in [1.82, 2.24) is 0 Å². The van der Waals surface area contributed by atoms with Crippen molar-refractivity contribution >= 4 is 77.2 Å². The summed E-state index contributed by atoms with van der Waals surface area (Å²) in [5.41, 5.74) is 3.31. The van der Waals surface area contributed by atoms with Gasteiger partial charge in [-0.1, -0.05) is 54.6 Å². The number of aryl methyl sites for hydroxylation is 1. The molecule has 1 aliphatic rings. The minimum Gasteiger partial charge on any atom is -0.748 e. The van der Waals surface area contributed by atoms with Gasteiger partial charge in [0.2, 0.25) is 5.58 Å². The second kappa shape index (κ2) is 13.0. The normalized spacial score (nSPS) is 15.2. The Hall–Kier alpha value is -2.87. The van der Waals surface area contributed by atoms with Crippen LogP contribution in [0.15, 0.2) is 80.6 Å². The van der Waals surface area contributed by atoms with Crippen molar-refractivity contribution in [1.29, 1.82) is 0 Å². The minimum atomic E-state index is -4.37. The number of oxazole rings is 1. The van der Waals surface area contributed by atoms with Crippen LogP contribution in [-0.2, 0) is 26.8 Å². The number of aromatic nitrogens is 1. The molecule has 0 atom stereocenters. The molecule has 43 heavy (non-hydrogen) atoms. The number of benzene rings is 3. The second-order valence-electron chi connectivity index (χ2n) is 10.2. The molecule has 0 amide bonds. The fraction of sp³-hybridized carbons (Fsp3) is 0.300. The van der Waals surface area contributed by atoms with E-state index in [9.17, 15) is 25.9 Å². The van der Waals surface area contributed by atoms with Crippen molar-refractivity contribution < 1.29 is 34.9 Å². The lowest BCUT2D eigenvalue weighted by Crippen LogP contribution is -2.36. The molecule has 9 nitrogen and oxygen atoms in total. The van der Waals surface area contributed by atoms with Gasteiger partial charge < -0.3 is 18.4 Å². The smallest absolute Gasteiger partial charge is 0.374 e. The van der Waals surface area contributed by atoms with E-state index in [1.807, 2.05) is 78.2 Å². The Balaban J connectivity index is 1.53. The molecule has 0 fully saturated rings. The van der Waals surface area contributed by atoms with Crippen LogP contribution in [0.1, 0.15) is 38.5 Å². The Kier molecular flexibility index (Phi) is 9.55. The van der Waals surface area contributed by atoms with E-state index in [-0.39, 0.29) is 19.4 Å². The molecular formula is C30H30ClN2O7S3-. The van der Waals surface area contributed by atoms with Gasteiger partial charge in [0.05, 0.1) is 42.4 Å². The van der Waals surface area contributed by atoms with Crippen molar-refractivity contribution in [2.24, 2.45) is 0 Å². The quantitative estimate of drug-likeness (QED) is 0.101. The molecule has 3 aromatic carbocycles. The zero-order valence-corrected chi connectivity index (χ0v) is 26.6. The topological polar surface area (TPSA) is 135 Å². The number of rotatable bonds is 12. The standard InChI is InChI=1S/C30H31ClN2O7S3/c1-2-21(19-29-32(14-5-6-16-42(34,35)36)25-20-23(31)11-13-27(25)41-29)18-28-33(15-7-17-43(37,38)39)30-24-9-4-3-8-22(24)10-12-26(30)40-28/h3-4,8-13,18-20H,2,5-7,14-17H2,1H3,(H-,34,35,36,37,38,39)/p-1. The summed E-state index contributed by atoms with van der Waals surface area (Å²) < 4.78 is 75.6. The number of hydrogen-bond acceptors (Lipinski definition) is 9. The molecule has 0 N–H and O–H groups in total. The van der Waals surface area contributed by atoms with Crippen molar-refractivity contribution in [3.05, 3.63) is 82.2 Å². The lowest BCUT2D eigenvalue weighted by atomic mass is 10.1. The van der Waals surface area contributed by atoms with Gasteiger partial charge in [0.1, 0.15) is 0 Å². The summed E-state index contributed by atoms with van der Waals surface area (Å²) in [6, 6.07) is 17.3. The summed E-state index contributed by atoms with van der Waals surface area (Å²) in [6.45, 7) is 2.79. The molecule has 0 aliphatic carbocycles. The first-order valence-electron chi connectivity index (χ1n) is 13.8. The average Bonchev–Trinajstić information content (AvgIpc) is 3.46. The lowest BCUT2D eigenvalue weighted by molar-refractivity contribution is -0.677. The van der Waals surface area contributed by atoms with Gasteiger partial charge in [0.25, 0.3) is 5.52 Å². The third-order valence-electron chi connectivity index (χ3n) is 7.13. The predicted octanol–water partition coefficient (Wildman–Crippen LogP) is 6.03. The Morgan fingerprint density at radius 3 is 2.49 bits per heavy atom. The third-order valence-corrected chi connectivity index (χ3v) is 10.1. The van der Waals surface area contributed by atoms with Gasteiger partial charge in [-0.15, -0.1) is 0 Å². The number of thioether (sulfide) groups is 1. The summed E-state index contributed by atoms with van der Waals surface area (Å²) in [5, 5.41) is 3.46. The zero-order valence-electron chi connectivity index (χ0n) is 23.4. The highest BCUT2D eigenvalue weighted by Gasteiger charge is 2.27. The summed E-state index contributed by atoms with van der Waals surface area (Å²) in [7, 11) is -8.65. The SMILES string of the molecule is CCC(=C/c1oc2ccc3ccccc3c2[n+]1CCCS(=O)(=O)[O-])/C=C1/Sc2ccc(Cl)cc2N1CCCCS(=O)(=O)[O-]. The molecule has 0 radical (unpaired) electrons. The van der Waals surface area contributed by atoms with E-state index in [1.165, 1.54) is 0 Å². The highest BCUT2D eigenvalue weighted by molar-refractivity contribution is 8.03. The highest BCUT2D eigenvalue weighted by Crippen LogP contribution is 2.47. The summed E-state index contributed by atoms with van der Waals surface area (Å²) in [5.74, 6) is -0.367. The molecule has 0 bridgehead atoms. The summed E-state index contributed by atoms with van der Waals surface area (Å²) in [4.78, 5) is 3.08. The Morgan fingerprint density at radius 2 is 1.74 bits per heavy atom. The molecule has 5 rings (SSSR count). The molecule has 0 unspecified atom stereocenters. The van der Waals surface area contributed by atoms with Crippen LogP contribution in [0, 0.1) is 0 Å². The van der Waals surface area contributed by atoms with Gasteiger partial charge in [0, 0.05) is 34.4 Å². The van der Waals surface area contributed by atoms with E-state index in [0.29, 0.717) is 35.9 Å². The number of halogens is 1. The predicted molar refractivity (Wildman–Crippen MR) is 168 cm³/mol. The maximum atomic E-state index is 11.4. The maximum Gasteiger partial charge on any atom is 0.374 e. The largest absolute Gasteiger partial charge is 0.748 e. The fourth-order valence-electron chi connectivity index (χ4n) is 5.13. The van der Waals surface area contributed by atoms with Crippen LogP contribution < -0.4 is 9.47 Å². The molecule has 228 valence electrons. The number of nitrogens with zero attached hydrogens (tertiary/aromatic N) is 2. The van der Waals surface area contributed by atoms with Gasteiger partial charge in [0.15, 0.2) is 6.54 Å². The van der Waals surface area contributed by atoms with Crippen LogP contribution in [0.25, 0.3) is 27.9 Å². The molecule has 0 spiro atoms. The summed E-state index contributed by atoms with van der Waals surface area (Å²) >= 11 is 7.87. The summed E-state index contributed by atoms with van der Waals surface area (Å²) in [6.07, 6.45) is 5.49. The van der Waals surface area contributed by atoms with E-state index in [4.69, 9.17) is 16.0 Å². The maximum absolute atomic E-state index is 11.4. The molecule has 4 aromatic rings. The first-order chi connectivity index (χ1) is 20.4. The molecular weight excluding hydrogens is 632 g/mol. The van der Waals surface area contributed by atoms with Gasteiger partial charge in [-0.25, -0.2) is 16.8 Å². The van der Waals surface area contributed by atoms with E-state index in [2.05, 4.69) is 4.90 Å². The highest BCUT2D eigenvalue weighted by atomic mass is 35.5. The minimum absolute atomic E-state index is 0.135. The number of allylic oxidation sites excluding steroid dienone is 2. The van der Waals surface area contributed by atoms with Crippen LogP contribution in [0.4, 0.5) is 5.69 Å². The first-order valence-corrected chi connectivity index (χ1v) is 18.2. The van der Waals surface area contributed by atoms with Crippen LogP contribution >= 0.6 is 23.4 Å². The molecule has 1 aliphatic heterocycles. The fourth-order valence-corrected chi connectivity index (χ4v) is 7.48. The van der Waals surface area contributed by atoms with Gasteiger partial charge in [-0.2, -0.15) is 4.57 Å². The lowest BCUT2D eigenvalue weighted by Gasteiger charge is -2.21. The second-order valence-corrected chi connectivity index (χ2v) is 14.8. The monoisotopic (exact) mass is 661 g/mol. The molecule has 2 heterocycles. The zero-order chi connectivity index (χ0) is 30.8. The number of unbranched alkanes of at least 4 members (excludes halogenated alkanes) is 1. The Morgan fingerprint density at radius 1 is 1.00 bits per heavy atom. The first kappa shape index (κ1) is 31.6. The molecule has 13 heteroatoms. The van der Waals surface area contributed by atoms with Gasteiger partial charge in [-0.05, 0) is 66.6 Å². The van der Waals surface area contributed by atoms with E-state index in [1.54, 1.807) is 11.8 Å². The Bertz CT molecular complexity index is 1950. The van der Waals surface area contributed by atoms with Crippen LogP contribution in [0.5, 0.6) is 0 Å². The van der Waals surface area contributed by atoms with Gasteiger partial charge >= 0.3 is 5.89 Å².